The molecule has 2 bridgehead atoms. The van der Waals surface area contributed by atoms with Gasteiger partial charge in [0.15, 0.2) is 0 Å². The molecule has 2 amide bonds. The monoisotopic (exact) mass is 312 g/mol. The number of amides is 2. The van der Waals surface area contributed by atoms with Gasteiger partial charge in [-0.2, -0.15) is 0 Å². The van der Waals surface area contributed by atoms with Crippen molar-refractivity contribution in [3.63, 3.8) is 0 Å². The number of para-hydroxylation sites is 1. The summed E-state index contributed by atoms with van der Waals surface area (Å²) in [6.45, 7) is 0. The lowest BCUT2D eigenvalue weighted by Gasteiger charge is -2.23. The molecule has 2 heterocycles. The fourth-order valence-electron chi connectivity index (χ4n) is 3.36. The van der Waals surface area contributed by atoms with Crippen molar-refractivity contribution in [2.24, 2.45) is 5.92 Å². The van der Waals surface area contributed by atoms with Gasteiger partial charge < -0.3 is 15.3 Å². The van der Waals surface area contributed by atoms with Crippen LogP contribution in [0.25, 0.3) is 0 Å². The van der Waals surface area contributed by atoms with Crippen molar-refractivity contribution in [3.05, 3.63) is 29.0 Å². The maximum Gasteiger partial charge on any atom is 0.322 e. The minimum atomic E-state index is -0.885. The van der Waals surface area contributed by atoms with Gasteiger partial charge in [-0.05, 0) is 31.4 Å². The number of carboxylic acid groups (broad SMARTS) is 1. The van der Waals surface area contributed by atoms with Crippen molar-refractivity contribution in [1.29, 1.82) is 0 Å². The van der Waals surface area contributed by atoms with Crippen LogP contribution >= 0.6 is 11.6 Å². The normalized spacial score (nSPS) is 27.0. The first kappa shape index (κ1) is 14.1. The molecule has 7 heteroatoms. The van der Waals surface area contributed by atoms with E-state index in [0.29, 0.717) is 12.8 Å². The first-order chi connectivity index (χ1) is 9.99. The third kappa shape index (κ3) is 2.33. The second kappa shape index (κ2) is 5.18. The number of aliphatic carboxylic acids is 1. The van der Waals surface area contributed by atoms with E-state index in [2.05, 4.69) is 5.32 Å². The van der Waals surface area contributed by atoms with Gasteiger partial charge in [-0.3, -0.25) is 4.79 Å². The molecule has 1 aromatic rings. The fraction of sp³-hybridized carbons (Fsp3) is 0.429. The van der Waals surface area contributed by atoms with E-state index in [1.807, 2.05) is 0 Å². The van der Waals surface area contributed by atoms with Crippen molar-refractivity contribution in [2.75, 3.05) is 5.32 Å². The van der Waals surface area contributed by atoms with Gasteiger partial charge in [0.2, 0.25) is 0 Å². The SMILES string of the molecule is O=C(O)C1CC2CCC1N2C(=O)Nc1c(F)cccc1Cl. The molecule has 0 radical (unpaired) electrons. The van der Waals surface area contributed by atoms with Crippen LogP contribution in [-0.4, -0.2) is 34.1 Å². The van der Waals surface area contributed by atoms with Crippen LogP contribution in [0.15, 0.2) is 18.2 Å². The molecule has 1 aromatic carbocycles. The Kier molecular flexibility index (Phi) is 3.49. The third-order valence-corrected chi connectivity index (χ3v) is 4.60. The van der Waals surface area contributed by atoms with Gasteiger partial charge in [0.05, 0.1) is 16.6 Å². The number of anilines is 1. The van der Waals surface area contributed by atoms with Crippen molar-refractivity contribution in [1.82, 2.24) is 4.90 Å². The van der Waals surface area contributed by atoms with Gasteiger partial charge in [-0.1, -0.05) is 17.7 Å². The number of hydrogen-bond acceptors (Lipinski definition) is 2. The van der Waals surface area contributed by atoms with Gasteiger partial charge in [-0.25, -0.2) is 9.18 Å². The molecule has 0 aromatic heterocycles. The summed E-state index contributed by atoms with van der Waals surface area (Å²) in [4.78, 5) is 25.1. The summed E-state index contributed by atoms with van der Waals surface area (Å²) in [7, 11) is 0. The van der Waals surface area contributed by atoms with Crippen molar-refractivity contribution in [2.45, 2.75) is 31.3 Å². The highest BCUT2D eigenvalue weighted by Crippen LogP contribution is 2.42. The summed E-state index contributed by atoms with van der Waals surface area (Å²) in [6.07, 6.45) is 1.91. The molecular weight excluding hydrogens is 299 g/mol. The van der Waals surface area contributed by atoms with E-state index in [4.69, 9.17) is 11.6 Å². The van der Waals surface area contributed by atoms with Gasteiger partial charge in [-0.15, -0.1) is 0 Å². The molecule has 2 aliphatic heterocycles. The molecule has 2 fully saturated rings. The zero-order chi connectivity index (χ0) is 15.1. The average Bonchev–Trinajstić information content (AvgIpc) is 3.00. The Morgan fingerprint density at radius 3 is 2.76 bits per heavy atom. The van der Waals surface area contributed by atoms with E-state index in [9.17, 15) is 19.1 Å². The highest BCUT2D eigenvalue weighted by Gasteiger charge is 2.51. The minimum absolute atomic E-state index is 0.0673. The van der Waals surface area contributed by atoms with E-state index in [0.717, 1.165) is 6.42 Å². The van der Waals surface area contributed by atoms with Gasteiger partial charge in [0, 0.05) is 12.1 Å². The lowest BCUT2D eigenvalue weighted by Crippen LogP contribution is -2.40. The molecule has 21 heavy (non-hydrogen) atoms. The molecule has 0 saturated carbocycles. The van der Waals surface area contributed by atoms with Gasteiger partial charge in [0.1, 0.15) is 5.82 Å². The molecule has 112 valence electrons. The Labute approximate surface area is 125 Å². The number of carbonyl (C=O) groups is 2. The fourth-order valence-corrected chi connectivity index (χ4v) is 3.57. The highest BCUT2D eigenvalue weighted by atomic mass is 35.5. The number of fused-ring (bicyclic) bond motifs is 2. The lowest BCUT2D eigenvalue weighted by molar-refractivity contribution is -0.142. The molecule has 3 atom stereocenters. The Morgan fingerprint density at radius 1 is 1.38 bits per heavy atom. The number of nitrogens with zero attached hydrogens (tertiary/aromatic N) is 1. The topological polar surface area (TPSA) is 69.6 Å². The predicted molar refractivity (Wildman–Crippen MR) is 74.8 cm³/mol. The predicted octanol–water partition coefficient (Wildman–Crippen LogP) is 2.95. The van der Waals surface area contributed by atoms with Crippen LogP contribution in [0.4, 0.5) is 14.9 Å². The number of urea groups is 1. The van der Waals surface area contributed by atoms with Crippen LogP contribution in [0.3, 0.4) is 0 Å². The first-order valence-corrected chi connectivity index (χ1v) is 7.13. The second-order valence-corrected chi connectivity index (χ2v) is 5.82. The van der Waals surface area contributed by atoms with Crippen LogP contribution in [0.1, 0.15) is 19.3 Å². The zero-order valence-electron chi connectivity index (χ0n) is 11.1. The van der Waals surface area contributed by atoms with Crippen LogP contribution in [0.2, 0.25) is 5.02 Å². The summed E-state index contributed by atoms with van der Waals surface area (Å²) < 4.78 is 13.7. The highest BCUT2D eigenvalue weighted by molar-refractivity contribution is 6.33. The number of hydrogen-bond donors (Lipinski definition) is 2. The number of carboxylic acids is 1. The van der Waals surface area contributed by atoms with Crippen molar-refractivity contribution in [3.8, 4) is 0 Å². The molecular formula is C14H14ClFN2O3. The Morgan fingerprint density at radius 2 is 2.14 bits per heavy atom. The van der Waals surface area contributed by atoms with E-state index < -0.39 is 23.7 Å². The molecule has 0 spiro atoms. The molecule has 5 nitrogen and oxygen atoms in total. The van der Waals surface area contributed by atoms with Crippen molar-refractivity contribution < 1.29 is 19.1 Å². The number of benzene rings is 1. The van der Waals surface area contributed by atoms with Crippen LogP contribution in [0, 0.1) is 11.7 Å². The number of halogens is 2. The Balaban J connectivity index is 1.79. The lowest BCUT2D eigenvalue weighted by atomic mass is 9.89. The van der Waals surface area contributed by atoms with Crippen LogP contribution in [-0.2, 0) is 4.79 Å². The van der Waals surface area contributed by atoms with Crippen LogP contribution < -0.4 is 5.32 Å². The first-order valence-electron chi connectivity index (χ1n) is 6.75. The molecule has 2 aliphatic rings. The maximum atomic E-state index is 13.7. The summed E-state index contributed by atoms with van der Waals surface area (Å²) in [5, 5.41) is 11.8. The molecule has 0 aliphatic carbocycles. The standard InChI is InChI=1S/C14H14ClFN2O3/c15-9-2-1-3-10(16)12(9)17-14(21)18-7-4-5-11(18)8(6-7)13(19)20/h1-3,7-8,11H,4-6H2,(H,17,21)(H,19,20). The number of rotatable bonds is 2. The summed E-state index contributed by atoms with van der Waals surface area (Å²) in [5.74, 6) is -2.04. The summed E-state index contributed by atoms with van der Waals surface area (Å²) in [5.41, 5.74) is -0.0673. The molecule has 2 N–H and O–H groups in total. The van der Waals surface area contributed by atoms with E-state index in [-0.39, 0.29) is 22.8 Å². The van der Waals surface area contributed by atoms with E-state index >= 15 is 0 Å². The zero-order valence-corrected chi connectivity index (χ0v) is 11.8. The largest absolute Gasteiger partial charge is 0.481 e. The smallest absolute Gasteiger partial charge is 0.322 e. The van der Waals surface area contributed by atoms with E-state index in [1.165, 1.54) is 23.1 Å². The summed E-state index contributed by atoms with van der Waals surface area (Å²) in [6, 6.07) is 3.24. The summed E-state index contributed by atoms with van der Waals surface area (Å²) >= 11 is 5.88. The van der Waals surface area contributed by atoms with E-state index in [1.54, 1.807) is 0 Å². The van der Waals surface area contributed by atoms with Crippen LogP contribution in [0.5, 0.6) is 0 Å². The van der Waals surface area contributed by atoms with Gasteiger partial charge >= 0.3 is 12.0 Å². The Hall–Kier alpha value is -1.82. The van der Waals surface area contributed by atoms with Crippen molar-refractivity contribution >= 4 is 29.3 Å². The number of carbonyl (C=O) groups excluding carboxylic acids is 1. The quantitative estimate of drug-likeness (QED) is 0.882. The van der Waals surface area contributed by atoms with Gasteiger partial charge in [0.25, 0.3) is 0 Å². The Bertz CT molecular complexity index is 590. The number of nitrogens with one attached hydrogen (secondary N) is 1. The third-order valence-electron chi connectivity index (χ3n) is 4.28. The molecule has 3 rings (SSSR count). The maximum absolute atomic E-state index is 13.7. The second-order valence-electron chi connectivity index (χ2n) is 5.41. The molecule has 2 saturated heterocycles. The minimum Gasteiger partial charge on any atom is -0.481 e. The molecule has 3 unspecified atom stereocenters. The average molecular weight is 313 g/mol.